The smallest absolute Gasteiger partial charge is 0.341 e. The minimum absolute atomic E-state index is 0.0363. The topological polar surface area (TPSA) is 635 Å². The number of aromatic carboxylic acids is 1. The van der Waals surface area contributed by atoms with Crippen LogP contribution >= 0.6 is 0 Å². The number of carbonyl (C=O) groups excluding carboxylic acids is 9. The van der Waals surface area contributed by atoms with E-state index in [-0.39, 0.29) is 79.7 Å². The lowest BCUT2D eigenvalue weighted by Crippen LogP contribution is -2.24. The van der Waals surface area contributed by atoms with E-state index in [0.717, 1.165) is 28.7 Å². The lowest BCUT2D eigenvalue weighted by molar-refractivity contribution is -0.742. The maximum Gasteiger partial charge on any atom is 0.341 e. The van der Waals surface area contributed by atoms with Crippen LogP contribution in [0, 0.1) is 64.4 Å². The SMILES string of the molecule is CC(=O)OC(C)=O.CNc1cc(C(=O)OC)c(OC)cc1N.CNc1cc(C(=O)OC)c(OC)cc1[N+](=O)[O-].COC(=O)c1cc(C)c([N+](=O)[O-])cc1OC.COC(=O)c1cc(C)ccc1OC.COC(=O)c1cc(N)ccc1OC.COC(=O)c1cc([N+](=O)[O-])ccc1OC.COc1cc([N+](=O)[O-])c(N(C)C(C)=O)cc1C(=O)O.O=[N+]([O-])O. The van der Waals surface area contributed by atoms with Gasteiger partial charge in [-0.25, -0.2) is 33.6 Å². The molecule has 0 saturated carbocycles. The quantitative estimate of drug-likeness (QED) is 0.00973. The summed E-state index contributed by atoms with van der Waals surface area (Å²) in [6, 6.07) is 24.2. The predicted octanol–water partition coefficient (Wildman–Crippen LogP) is 9.51. The molecule has 7 rings (SSSR count). The number of methoxy groups -OCH3 is 13. The summed E-state index contributed by atoms with van der Waals surface area (Å²) in [4.78, 5) is 160. The summed E-state index contributed by atoms with van der Waals surface area (Å²) in [5.74, 6) is -4.31. The summed E-state index contributed by atoms with van der Waals surface area (Å²) in [5, 5.41) is 71.1. The van der Waals surface area contributed by atoms with Crippen molar-refractivity contribution in [1.29, 1.82) is 0 Å². The number of nitrogens with one attached hydrogen (secondary N) is 2. The molecule has 46 nitrogen and oxygen atoms in total. The molecule has 0 unspecified atom stereocenters. The molecule has 7 aromatic carbocycles. The Labute approximate surface area is 677 Å². The molecule has 7 aromatic rings. The molecule has 0 aliphatic rings. The molecule has 46 heteroatoms. The molecule has 0 fully saturated rings. The molecule has 646 valence electrons. The van der Waals surface area contributed by atoms with Crippen molar-refractivity contribution < 1.29 is 149 Å². The van der Waals surface area contributed by atoms with Crippen LogP contribution in [0.25, 0.3) is 0 Å². The number of ether oxygens (including phenoxy) is 14. The number of non-ortho nitro benzene ring substituents is 1. The second-order valence-electron chi connectivity index (χ2n) is 21.8. The van der Waals surface area contributed by atoms with E-state index in [1.54, 1.807) is 50.4 Å². The Hall–Kier alpha value is -16.0. The van der Waals surface area contributed by atoms with Crippen molar-refractivity contribution in [1.82, 2.24) is 0 Å². The first-order valence-corrected chi connectivity index (χ1v) is 32.6. The standard InChI is InChI=1S/C11H12N2O6.C10H12N2O5.C10H14N2O3.C10H11NO5.C10H12O3.C9H9NO5.C9H11NO3.C4H6O3.HNO3/c1-6(14)12(2)8-4-7(11(15)16)10(19-3)5-9(8)13(17)18;1-11-7-4-6(10(13)17-3)9(16-2)5-8(7)12(14)15;1-12-8-4-6(10(13)15-3)9(14-2)5-7(8)11;1-6-4-7(10(12)16-3)9(15-2)5-8(6)11(13)14;1-7-4-5-9(12-2)8(6-7)10(11)13-3;1-14-8-4-3-6(10(12)13)5-7(8)9(11)15-2;1-12-8-4-3-6(10)5-7(8)9(11)13-2;1-3(5)7-4(2)6;2-1(3)4/h4-5H,1-3H3,(H,15,16);4-5,11H,1-3H3;4-5,12H,11H2,1-3H3;4-5H,1-3H3;4-6H,1-3H3;3-5H,1-2H3;3-5H,10H2,1-2H3;1-2H3;(H,2,3,4). The number of nitrogens with two attached hydrogens (primary N) is 2. The number of nitro benzene ring substituents is 4. The summed E-state index contributed by atoms with van der Waals surface area (Å²) >= 11 is 0. The van der Waals surface area contributed by atoms with Gasteiger partial charge in [0.1, 0.15) is 90.6 Å². The number of nitrogens with zero attached hydrogens (tertiary/aromatic N) is 6. The molecular weight excluding hydrogens is 1590 g/mol. The van der Waals surface area contributed by atoms with Gasteiger partial charge in [0.05, 0.1) is 142 Å². The van der Waals surface area contributed by atoms with E-state index < -0.39 is 84.1 Å². The second-order valence-corrected chi connectivity index (χ2v) is 21.8. The van der Waals surface area contributed by atoms with Crippen LogP contribution in [0.4, 0.5) is 51.2 Å². The van der Waals surface area contributed by atoms with Crippen molar-refractivity contribution in [2.24, 2.45) is 0 Å². The Morgan fingerprint density at radius 2 is 0.706 bits per heavy atom. The van der Waals surface area contributed by atoms with Crippen LogP contribution in [0.1, 0.15) is 104 Å². The van der Waals surface area contributed by atoms with Gasteiger partial charge in [-0.2, -0.15) is 0 Å². The average Bonchev–Trinajstić information content (AvgIpc) is 0.805. The number of hydrogen-bond acceptors (Lipinski definition) is 38. The van der Waals surface area contributed by atoms with Crippen LogP contribution in [0.5, 0.6) is 40.2 Å². The summed E-state index contributed by atoms with van der Waals surface area (Å²) in [5.41, 5.74) is 14.8. The molecule has 0 heterocycles. The number of hydrogen-bond donors (Lipinski definition) is 6. The van der Waals surface area contributed by atoms with Gasteiger partial charge in [-0.15, -0.1) is 10.1 Å². The fraction of sp³-hybridized carbons (Fsp3) is 0.288. The third kappa shape index (κ3) is 34.1. The van der Waals surface area contributed by atoms with Gasteiger partial charge in [-0.1, -0.05) is 11.6 Å². The third-order valence-corrected chi connectivity index (χ3v) is 14.4. The van der Waals surface area contributed by atoms with Crippen LogP contribution in [0.2, 0.25) is 0 Å². The molecule has 0 bridgehead atoms. The molecule has 0 atom stereocenters. The Bertz CT molecular complexity index is 4700. The molecule has 0 saturated heterocycles. The molecule has 119 heavy (non-hydrogen) atoms. The average molecular weight is 1680 g/mol. The van der Waals surface area contributed by atoms with E-state index in [4.69, 9.17) is 65.1 Å². The number of carbonyl (C=O) groups is 10. The zero-order valence-corrected chi connectivity index (χ0v) is 67.9. The number of anilines is 5. The number of carboxylic acids is 1. The highest BCUT2D eigenvalue weighted by molar-refractivity contribution is 6.00. The molecule has 8 N–H and O–H groups in total. The Morgan fingerprint density at radius 3 is 1.04 bits per heavy atom. The van der Waals surface area contributed by atoms with E-state index >= 15 is 0 Å². The van der Waals surface area contributed by atoms with Crippen LogP contribution < -0.4 is 60.2 Å². The number of esters is 8. The van der Waals surface area contributed by atoms with Crippen molar-refractivity contribution in [2.75, 3.05) is 141 Å². The minimum Gasteiger partial charge on any atom is -0.496 e. The molecule has 0 radical (unpaired) electrons. The van der Waals surface area contributed by atoms with Gasteiger partial charge in [-0.05, 0) is 74.5 Å². The number of amides is 1. The highest BCUT2D eigenvalue weighted by Gasteiger charge is 2.28. The monoisotopic (exact) mass is 1680 g/mol. The van der Waals surface area contributed by atoms with Crippen molar-refractivity contribution in [2.45, 2.75) is 34.6 Å². The van der Waals surface area contributed by atoms with Crippen LogP contribution in [0.3, 0.4) is 0 Å². The largest absolute Gasteiger partial charge is 0.496 e. The van der Waals surface area contributed by atoms with Crippen molar-refractivity contribution in [3.05, 3.63) is 204 Å². The van der Waals surface area contributed by atoms with Gasteiger partial charge in [-0.3, -0.25) is 54.8 Å². The third-order valence-electron chi connectivity index (χ3n) is 14.4. The van der Waals surface area contributed by atoms with E-state index in [1.807, 2.05) is 13.0 Å². The van der Waals surface area contributed by atoms with Gasteiger partial charge in [0, 0.05) is 71.4 Å². The van der Waals surface area contributed by atoms with Crippen molar-refractivity contribution in [3.8, 4) is 40.2 Å². The number of benzene rings is 7. The lowest BCUT2D eigenvalue weighted by atomic mass is 10.1. The summed E-state index contributed by atoms with van der Waals surface area (Å²) in [6.45, 7) is 7.03. The maximum atomic E-state index is 11.4. The maximum absolute atomic E-state index is 11.4. The predicted molar refractivity (Wildman–Crippen MR) is 420 cm³/mol. The number of rotatable bonds is 21. The highest BCUT2D eigenvalue weighted by atomic mass is 16.9. The van der Waals surface area contributed by atoms with Gasteiger partial charge in [0.25, 0.3) is 27.8 Å². The number of carboxylic acid groups (broad SMARTS) is 1. The first kappa shape index (κ1) is 105. The van der Waals surface area contributed by atoms with Crippen LogP contribution in [-0.4, -0.2) is 208 Å². The highest BCUT2D eigenvalue weighted by Crippen LogP contribution is 2.37. The van der Waals surface area contributed by atoms with Gasteiger partial charge in [0.2, 0.25) is 5.91 Å². The van der Waals surface area contributed by atoms with Crippen molar-refractivity contribution >= 4 is 111 Å². The number of aryl methyl sites for hydroxylation is 2. The zero-order chi connectivity index (χ0) is 92.0. The molecule has 0 spiro atoms. The first-order valence-electron chi connectivity index (χ1n) is 32.6. The first-order chi connectivity index (χ1) is 55.8. The lowest BCUT2D eigenvalue weighted by Gasteiger charge is -2.16. The van der Waals surface area contributed by atoms with Crippen molar-refractivity contribution in [3.63, 3.8) is 0 Å². The molecular formula is C73H88N10O36. The fourth-order valence-corrected chi connectivity index (χ4v) is 8.77. The molecule has 0 aromatic heterocycles. The second kappa shape index (κ2) is 53.1. The minimum atomic E-state index is -1.50. The normalized spacial score (nSPS) is 9.35. The van der Waals surface area contributed by atoms with Crippen LogP contribution in [-0.2, 0) is 47.5 Å². The van der Waals surface area contributed by atoms with Gasteiger partial charge < -0.3 is 104 Å². The fourth-order valence-electron chi connectivity index (χ4n) is 8.77. The Morgan fingerprint density at radius 1 is 0.387 bits per heavy atom. The zero-order valence-electron chi connectivity index (χ0n) is 67.9. The molecule has 0 aliphatic heterocycles. The Balaban J connectivity index is 0. The number of nitrogen functional groups attached to an aromatic ring is 2. The van der Waals surface area contributed by atoms with E-state index in [1.165, 1.54) is 170 Å². The summed E-state index contributed by atoms with van der Waals surface area (Å²) in [6.07, 6.45) is 0. The Kier molecular flexibility index (Phi) is 46.9. The molecule has 1 amide bonds. The molecule has 0 aliphatic carbocycles. The summed E-state index contributed by atoms with van der Waals surface area (Å²) in [7, 11) is 21.9. The summed E-state index contributed by atoms with van der Waals surface area (Å²) < 4.78 is 65.9. The van der Waals surface area contributed by atoms with Gasteiger partial charge in [0.15, 0.2) is 0 Å². The number of nitro groups is 4. The van der Waals surface area contributed by atoms with E-state index in [2.05, 4.69) is 43.8 Å². The van der Waals surface area contributed by atoms with E-state index in [0.29, 0.717) is 56.6 Å². The van der Waals surface area contributed by atoms with Crippen LogP contribution in [0.15, 0.2) is 103 Å². The van der Waals surface area contributed by atoms with E-state index in [9.17, 15) is 88.4 Å². The van der Waals surface area contributed by atoms with Gasteiger partial charge >= 0.3 is 53.7 Å².